The first kappa shape index (κ1) is 12.3. The summed E-state index contributed by atoms with van der Waals surface area (Å²) < 4.78 is 0. The molecule has 0 aliphatic carbocycles. The minimum Gasteiger partial charge on any atom is -0.348 e. The second kappa shape index (κ2) is 5.47. The average molecular weight is 269 g/mol. The zero-order valence-corrected chi connectivity index (χ0v) is 10.9. The van der Waals surface area contributed by atoms with Crippen LogP contribution in [0.25, 0.3) is 0 Å². The predicted octanol–water partition coefficient (Wildman–Crippen LogP) is 2.70. The Kier molecular flexibility index (Phi) is 3.97. The molecule has 0 atom stereocenters. The van der Waals surface area contributed by atoms with E-state index in [1.807, 2.05) is 29.2 Å². The summed E-state index contributed by atoms with van der Waals surface area (Å²) in [5.74, 6) is 0.315. The minimum absolute atomic E-state index is 0.315. The topological polar surface area (TPSA) is 32.3 Å². The quantitative estimate of drug-likeness (QED) is 0.794. The summed E-state index contributed by atoms with van der Waals surface area (Å²) in [5, 5.41) is 4.51. The molecule has 0 amide bonds. The highest BCUT2D eigenvalue weighted by atomic mass is 35.5. The molecule has 1 N–H and O–H groups in total. The summed E-state index contributed by atoms with van der Waals surface area (Å²) in [5.41, 5.74) is 0.913. The van der Waals surface area contributed by atoms with Gasteiger partial charge in [0.1, 0.15) is 5.78 Å². The molecule has 2 rings (SSSR count). The van der Waals surface area contributed by atoms with E-state index in [1.54, 1.807) is 0 Å². The first-order chi connectivity index (χ1) is 8.15. The number of hydrogen-bond donors (Lipinski definition) is 1. The monoisotopic (exact) mass is 268 g/mol. The van der Waals surface area contributed by atoms with Crippen LogP contribution in [0.1, 0.15) is 12.8 Å². The lowest BCUT2D eigenvalue weighted by molar-refractivity contribution is -0.120. The molecule has 1 aromatic rings. The average Bonchev–Trinajstić information content (AvgIpc) is 2.33. The summed E-state index contributed by atoms with van der Waals surface area (Å²) in [7, 11) is 0. The summed E-state index contributed by atoms with van der Waals surface area (Å²) in [6.07, 6.45) is 1.17. The minimum atomic E-state index is 0.315. The van der Waals surface area contributed by atoms with Crippen molar-refractivity contribution < 1.29 is 4.79 Å². The number of nitrogens with zero attached hydrogens (tertiary/aromatic N) is 1. The van der Waals surface area contributed by atoms with Gasteiger partial charge in [0.15, 0.2) is 5.11 Å². The molecular formula is C12H13ClN2OS. The molecule has 90 valence electrons. The Bertz CT molecular complexity index is 423. The van der Waals surface area contributed by atoms with Crippen molar-refractivity contribution in [3.05, 3.63) is 29.3 Å². The van der Waals surface area contributed by atoms with E-state index in [4.69, 9.17) is 23.8 Å². The summed E-state index contributed by atoms with van der Waals surface area (Å²) in [6, 6.07) is 7.38. The van der Waals surface area contributed by atoms with Gasteiger partial charge in [0.25, 0.3) is 0 Å². The number of carbonyl (C=O) groups is 1. The number of likely N-dealkylation sites (tertiary alicyclic amines) is 1. The second-order valence-electron chi connectivity index (χ2n) is 3.96. The smallest absolute Gasteiger partial charge is 0.173 e. The van der Waals surface area contributed by atoms with Gasteiger partial charge in [0.05, 0.1) is 0 Å². The molecule has 1 heterocycles. The molecule has 1 saturated heterocycles. The van der Waals surface area contributed by atoms with Crippen molar-refractivity contribution in [2.24, 2.45) is 0 Å². The van der Waals surface area contributed by atoms with Gasteiger partial charge < -0.3 is 10.2 Å². The van der Waals surface area contributed by atoms with E-state index in [-0.39, 0.29) is 0 Å². The molecule has 1 aliphatic rings. The zero-order valence-electron chi connectivity index (χ0n) is 9.28. The number of nitrogens with one attached hydrogen (secondary N) is 1. The van der Waals surface area contributed by atoms with Crippen molar-refractivity contribution in [1.29, 1.82) is 0 Å². The molecule has 1 aliphatic heterocycles. The molecule has 0 bridgehead atoms. The summed E-state index contributed by atoms with van der Waals surface area (Å²) >= 11 is 11.1. The summed E-state index contributed by atoms with van der Waals surface area (Å²) in [6.45, 7) is 1.41. The first-order valence-corrected chi connectivity index (χ1v) is 6.27. The van der Waals surface area contributed by atoms with Crippen LogP contribution in [0, 0.1) is 0 Å². The van der Waals surface area contributed by atoms with Crippen LogP contribution in [0.3, 0.4) is 0 Å². The van der Waals surface area contributed by atoms with E-state index in [0.717, 1.165) is 5.69 Å². The van der Waals surface area contributed by atoms with E-state index in [2.05, 4.69) is 5.32 Å². The SMILES string of the molecule is O=C1CCN(C(=S)Nc2ccc(Cl)cc2)CC1. The first-order valence-electron chi connectivity index (χ1n) is 5.48. The van der Waals surface area contributed by atoms with Crippen molar-refractivity contribution in [1.82, 2.24) is 4.90 Å². The third-order valence-corrected chi connectivity index (χ3v) is 3.32. The third-order valence-electron chi connectivity index (χ3n) is 2.70. The second-order valence-corrected chi connectivity index (χ2v) is 4.79. The number of hydrogen-bond acceptors (Lipinski definition) is 2. The fraction of sp³-hybridized carbons (Fsp3) is 0.333. The highest BCUT2D eigenvalue weighted by Gasteiger charge is 2.18. The van der Waals surface area contributed by atoms with Crippen LogP contribution in [0.5, 0.6) is 0 Å². The number of Topliss-reactive ketones (excluding diaryl/α,β-unsaturated/α-hetero) is 1. The van der Waals surface area contributed by atoms with Crippen molar-refractivity contribution in [2.75, 3.05) is 18.4 Å². The van der Waals surface area contributed by atoms with E-state index in [0.29, 0.717) is 41.8 Å². The molecule has 1 aromatic carbocycles. The molecule has 0 spiro atoms. The Balaban J connectivity index is 1.92. The molecule has 0 saturated carbocycles. The standard InChI is InChI=1S/C12H13ClN2OS/c13-9-1-3-10(4-2-9)14-12(17)15-7-5-11(16)6-8-15/h1-4H,5-8H2,(H,14,17). The maximum absolute atomic E-state index is 11.1. The molecular weight excluding hydrogens is 256 g/mol. The van der Waals surface area contributed by atoms with Crippen LogP contribution in [-0.2, 0) is 4.79 Å². The fourth-order valence-electron chi connectivity index (χ4n) is 1.69. The number of benzene rings is 1. The maximum Gasteiger partial charge on any atom is 0.173 e. The van der Waals surface area contributed by atoms with Crippen LogP contribution in [-0.4, -0.2) is 28.9 Å². The zero-order chi connectivity index (χ0) is 12.3. The molecule has 17 heavy (non-hydrogen) atoms. The number of rotatable bonds is 1. The lowest BCUT2D eigenvalue weighted by atomic mass is 10.1. The lowest BCUT2D eigenvalue weighted by Crippen LogP contribution is -2.40. The number of carbonyl (C=O) groups excluding carboxylic acids is 1. The molecule has 0 radical (unpaired) electrons. The van der Waals surface area contributed by atoms with Gasteiger partial charge in [0, 0.05) is 36.6 Å². The predicted molar refractivity (Wildman–Crippen MR) is 73.5 cm³/mol. The van der Waals surface area contributed by atoms with Gasteiger partial charge in [-0.2, -0.15) is 0 Å². The fourth-order valence-corrected chi connectivity index (χ4v) is 2.12. The van der Waals surface area contributed by atoms with Gasteiger partial charge >= 0.3 is 0 Å². The normalized spacial score (nSPS) is 15.8. The van der Waals surface area contributed by atoms with Crippen molar-refractivity contribution in [3.8, 4) is 0 Å². The summed E-state index contributed by atoms with van der Waals surface area (Å²) in [4.78, 5) is 13.1. The molecule has 3 nitrogen and oxygen atoms in total. The molecule has 5 heteroatoms. The van der Waals surface area contributed by atoms with E-state index in [9.17, 15) is 4.79 Å². The van der Waals surface area contributed by atoms with Gasteiger partial charge in [-0.15, -0.1) is 0 Å². The number of thiocarbonyl (C=S) groups is 1. The van der Waals surface area contributed by atoms with Gasteiger partial charge in [0.2, 0.25) is 0 Å². The Morgan fingerprint density at radius 2 is 1.82 bits per heavy atom. The van der Waals surface area contributed by atoms with Crippen LogP contribution in [0.4, 0.5) is 5.69 Å². The third kappa shape index (κ3) is 3.41. The highest BCUT2D eigenvalue weighted by Crippen LogP contribution is 2.15. The van der Waals surface area contributed by atoms with E-state index in [1.165, 1.54) is 0 Å². The van der Waals surface area contributed by atoms with Crippen molar-refractivity contribution in [2.45, 2.75) is 12.8 Å². The molecule has 0 unspecified atom stereocenters. The Hall–Kier alpha value is -1.13. The molecule has 0 aromatic heterocycles. The maximum atomic E-state index is 11.1. The lowest BCUT2D eigenvalue weighted by Gasteiger charge is -2.28. The van der Waals surface area contributed by atoms with Crippen molar-refractivity contribution >= 4 is 40.4 Å². The Labute approximate surface area is 111 Å². The van der Waals surface area contributed by atoms with Crippen molar-refractivity contribution in [3.63, 3.8) is 0 Å². The van der Waals surface area contributed by atoms with Crippen LogP contribution >= 0.6 is 23.8 Å². The Morgan fingerprint density at radius 3 is 2.41 bits per heavy atom. The Morgan fingerprint density at radius 1 is 1.24 bits per heavy atom. The van der Waals surface area contributed by atoms with Gasteiger partial charge in [-0.3, -0.25) is 4.79 Å². The van der Waals surface area contributed by atoms with Crippen LogP contribution in [0.2, 0.25) is 5.02 Å². The van der Waals surface area contributed by atoms with Gasteiger partial charge in [-0.1, -0.05) is 11.6 Å². The number of anilines is 1. The largest absolute Gasteiger partial charge is 0.348 e. The highest BCUT2D eigenvalue weighted by molar-refractivity contribution is 7.80. The number of ketones is 1. The van der Waals surface area contributed by atoms with E-state index >= 15 is 0 Å². The number of halogens is 1. The number of piperidine rings is 1. The van der Waals surface area contributed by atoms with E-state index < -0.39 is 0 Å². The van der Waals surface area contributed by atoms with Gasteiger partial charge in [-0.05, 0) is 36.5 Å². The van der Waals surface area contributed by atoms with Crippen LogP contribution in [0.15, 0.2) is 24.3 Å². The van der Waals surface area contributed by atoms with Gasteiger partial charge in [-0.25, -0.2) is 0 Å². The van der Waals surface area contributed by atoms with Crippen LogP contribution < -0.4 is 5.32 Å². The molecule has 1 fully saturated rings.